The molecular weight excluding hydrogens is 470 g/mol. The van der Waals surface area contributed by atoms with Crippen LogP contribution in [0.15, 0.2) is 18.2 Å². The summed E-state index contributed by atoms with van der Waals surface area (Å²) in [5, 5.41) is 5.38. The van der Waals surface area contributed by atoms with Gasteiger partial charge in [0.05, 0.1) is 24.1 Å². The molecule has 180 valence electrons. The largest absolute Gasteiger partial charge is 0.495 e. The number of aryl methyl sites for hydroxylation is 2. The van der Waals surface area contributed by atoms with Crippen molar-refractivity contribution in [3.63, 3.8) is 0 Å². The molecule has 0 radical (unpaired) electrons. The zero-order chi connectivity index (χ0) is 23.7. The van der Waals surface area contributed by atoms with Crippen molar-refractivity contribution in [3.8, 4) is 5.75 Å². The van der Waals surface area contributed by atoms with E-state index in [0.29, 0.717) is 23.9 Å². The van der Waals surface area contributed by atoms with Gasteiger partial charge in [0, 0.05) is 44.5 Å². The molecule has 1 saturated heterocycles. The Hall–Kier alpha value is -2.42. The third-order valence-corrected chi connectivity index (χ3v) is 8.20. The highest BCUT2D eigenvalue weighted by Crippen LogP contribution is 2.39. The second kappa shape index (κ2) is 10.1. The van der Waals surface area contributed by atoms with E-state index in [4.69, 9.17) is 26.3 Å². The van der Waals surface area contributed by atoms with Gasteiger partial charge in [0.1, 0.15) is 22.2 Å². The van der Waals surface area contributed by atoms with Crippen molar-refractivity contribution in [2.24, 2.45) is 0 Å². The van der Waals surface area contributed by atoms with Crippen LogP contribution in [0.1, 0.15) is 41.6 Å². The van der Waals surface area contributed by atoms with E-state index < -0.39 is 0 Å². The predicted octanol–water partition coefficient (Wildman–Crippen LogP) is 4.51. The summed E-state index contributed by atoms with van der Waals surface area (Å²) >= 11 is 8.16. The Kier molecular flexibility index (Phi) is 6.90. The molecule has 2 aromatic heterocycles. The third kappa shape index (κ3) is 4.85. The first kappa shape index (κ1) is 23.3. The summed E-state index contributed by atoms with van der Waals surface area (Å²) in [6.45, 7) is 6.15. The fourth-order valence-electron chi connectivity index (χ4n) is 4.83. The predicted molar refractivity (Wildman–Crippen MR) is 137 cm³/mol. The molecule has 1 fully saturated rings. The quantitative estimate of drug-likeness (QED) is 0.538. The Bertz CT molecular complexity index is 1210. The SMILES string of the molecule is COc1ccc(CNc2nc(CN3CCN(C(C)=O)CC3)nc3sc4c(c23)CCCC4)cc1Cl. The molecule has 9 heteroatoms. The highest BCUT2D eigenvalue weighted by molar-refractivity contribution is 7.19. The average molecular weight is 500 g/mol. The maximum absolute atomic E-state index is 11.7. The number of methoxy groups -OCH3 is 1. The first-order valence-electron chi connectivity index (χ1n) is 11.9. The lowest BCUT2D eigenvalue weighted by molar-refractivity contribution is -0.130. The fraction of sp³-hybridized carbons (Fsp3) is 0.480. The fourth-order valence-corrected chi connectivity index (χ4v) is 6.39. The van der Waals surface area contributed by atoms with Gasteiger partial charge in [0.15, 0.2) is 0 Å². The van der Waals surface area contributed by atoms with E-state index in [0.717, 1.165) is 61.1 Å². The van der Waals surface area contributed by atoms with Crippen molar-refractivity contribution in [2.45, 2.75) is 45.7 Å². The van der Waals surface area contributed by atoms with Crippen LogP contribution >= 0.6 is 22.9 Å². The van der Waals surface area contributed by atoms with Crippen LogP contribution in [0.5, 0.6) is 5.75 Å². The number of carbonyl (C=O) groups excluding carboxylic acids is 1. The first-order valence-corrected chi connectivity index (χ1v) is 13.1. The molecule has 0 atom stereocenters. The number of carbonyl (C=O) groups is 1. The second-order valence-corrected chi connectivity index (χ2v) is 10.5. The zero-order valence-electron chi connectivity index (χ0n) is 19.7. The molecule has 1 aliphatic heterocycles. The number of anilines is 1. The number of aromatic nitrogens is 2. The summed E-state index contributed by atoms with van der Waals surface area (Å²) in [5.74, 6) is 2.56. The van der Waals surface area contributed by atoms with Gasteiger partial charge >= 0.3 is 0 Å². The van der Waals surface area contributed by atoms with Gasteiger partial charge in [0.25, 0.3) is 0 Å². The van der Waals surface area contributed by atoms with Crippen molar-refractivity contribution >= 4 is 44.9 Å². The van der Waals surface area contributed by atoms with Gasteiger partial charge in [-0.15, -0.1) is 11.3 Å². The van der Waals surface area contributed by atoms with Gasteiger partial charge in [-0.2, -0.15) is 0 Å². The lowest BCUT2D eigenvalue weighted by Gasteiger charge is -2.33. The Labute approximate surface area is 209 Å². The van der Waals surface area contributed by atoms with Crippen LogP contribution in [0.4, 0.5) is 5.82 Å². The number of hydrogen-bond donors (Lipinski definition) is 1. The lowest BCUT2D eigenvalue weighted by atomic mass is 9.97. The highest BCUT2D eigenvalue weighted by Gasteiger charge is 2.23. The van der Waals surface area contributed by atoms with E-state index in [1.165, 1.54) is 28.7 Å². The van der Waals surface area contributed by atoms with Gasteiger partial charge in [-0.05, 0) is 48.9 Å². The van der Waals surface area contributed by atoms with Crippen molar-refractivity contribution in [2.75, 3.05) is 38.6 Å². The molecular formula is C25H30ClN5O2S. The minimum atomic E-state index is 0.145. The maximum Gasteiger partial charge on any atom is 0.219 e. The number of piperazine rings is 1. The van der Waals surface area contributed by atoms with Gasteiger partial charge in [0.2, 0.25) is 5.91 Å². The molecule has 1 aromatic carbocycles. The minimum Gasteiger partial charge on any atom is -0.495 e. The molecule has 7 nitrogen and oxygen atoms in total. The number of nitrogens with one attached hydrogen (secondary N) is 1. The molecule has 3 aromatic rings. The molecule has 0 bridgehead atoms. The lowest BCUT2D eigenvalue weighted by Crippen LogP contribution is -2.47. The average Bonchev–Trinajstić information content (AvgIpc) is 3.21. The van der Waals surface area contributed by atoms with E-state index in [9.17, 15) is 4.79 Å². The Balaban J connectivity index is 1.41. The molecule has 0 spiro atoms. The van der Waals surface area contributed by atoms with Crippen molar-refractivity contribution in [1.29, 1.82) is 0 Å². The topological polar surface area (TPSA) is 70.6 Å². The van der Waals surface area contributed by atoms with Crippen LogP contribution in [0.25, 0.3) is 10.2 Å². The number of nitrogens with zero attached hydrogens (tertiary/aromatic N) is 4. The highest BCUT2D eigenvalue weighted by atomic mass is 35.5. The number of halogens is 1. The molecule has 2 aliphatic rings. The first-order chi connectivity index (χ1) is 16.5. The monoisotopic (exact) mass is 499 g/mol. The van der Waals surface area contributed by atoms with Gasteiger partial charge < -0.3 is 15.0 Å². The number of benzene rings is 1. The van der Waals surface area contributed by atoms with Crippen LogP contribution in [0.2, 0.25) is 5.02 Å². The van der Waals surface area contributed by atoms with Crippen LogP contribution in [0, 0.1) is 0 Å². The molecule has 5 rings (SSSR count). The minimum absolute atomic E-state index is 0.145. The summed E-state index contributed by atoms with van der Waals surface area (Å²) in [7, 11) is 1.62. The Morgan fingerprint density at radius 2 is 1.97 bits per heavy atom. The van der Waals surface area contributed by atoms with E-state index in [1.54, 1.807) is 14.0 Å². The molecule has 34 heavy (non-hydrogen) atoms. The van der Waals surface area contributed by atoms with Gasteiger partial charge in [-0.1, -0.05) is 17.7 Å². The maximum atomic E-state index is 11.7. The summed E-state index contributed by atoms with van der Waals surface area (Å²) in [6, 6.07) is 5.85. The summed E-state index contributed by atoms with van der Waals surface area (Å²) in [6.07, 6.45) is 4.68. The van der Waals surface area contributed by atoms with Gasteiger partial charge in [-0.3, -0.25) is 9.69 Å². The van der Waals surface area contributed by atoms with Crippen LogP contribution in [-0.4, -0.2) is 59.0 Å². The normalized spacial score (nSPS) is 16.5. The van der Waals surface area contributed by atoms with Crippen molar-refractivity contribution in [3.05, 3.63) is 45.1 Å². The number of amides is 1. The van der Waals surface area contributed by atoms with E-state index in [1.807, 2.05) is 34.4 Å². The smallest absolute Gasteiger partial charge is 0.219 e. The molecule has 0 saturated carbocycles. The zero-order valence-corrected chi connectivity index (χ0v) is 21.3. The van der Waals surface area contributed by atoms with Crippen molar-refractivity contribution in [1.82, 2.24) is 19.8 Å². The second-order valence-electron chi connectivity index (χ2n) is 8.98. The standard InChI is InChI=1S/C25H30ClN5O2S/c1-16(32)31-11-9-30(10-12-31)15-22-28-24(27-14-17-7-8-20(33-2)19(26)13-17)23-18-5-3-4-6-21(18)34-25(23)29-22/h7-8,13H,3-6,9-12,14-15H2,1-2H3,(H,27,28,29). The molecule has 1 amide bonds. The summed E-state index contributed by atoms with van der Waals surface area (Å²) in [4.78, 5) is 28.4. The number of hydrogen-bond acceptors (Lipinski definition) is 7. The van der Waals surface area contributed by atoms with Crippen LogP contribution in [0.3, 0.4) is 0 Å². The number of thiophene rings is 1. The summed E-state index contributed by atoms with van der Waals surface area (Å²) < 4.78 is 5.28. The molecule has 3 heterocycles. The molecule has 1 N–H and O–H groups in total. The molecule has 0 unspecified atom stereocenters. The van der Waals surface area contributed by atoms with Crippen LogP contribution in [-0.2, 0) is 30.7 Å². The van der Waals surface area contributed by atoms with E-state index in [2.05, 4.69) is 10.2 Å². The summed E-state index contributed by atoms with van der Waals surface area (Å²) in [5.41, 5.74) is 2.49. The third-order valence-electron chi connectivity index (χ3n) is 6.72. The number of ether oxygens (including phenoxy) is 1. The van der Waals surface area contributed by atoms with Crippen molar-refractivity contribution < 1.29 is 9.53 Å². The Morgan fingerprint density at radius 3 is 2.71 bits per heavy atom. The molecule has 1 aliphatic carbocycles. The van der Waals surface area contributed by atoms with Crippen LogP contribution < -0.4 is 10.1 Å². The van der Waals surface area contributed by atoms with E-state index in [-0.39, 0.29) is 5.91 Å². The number of rotatable bonds is 6. The van der Waals surface area contributed by atoms with Gasteiger partial charge in [-0.25, -0.2) is 9.97 Å². The number of fused-ring (bicyclic) bond motifs is 3. The Morgan fingerprint density at radius 1 is 1.18 bits per heavy atom. The van der Waals surface area contributed by atoms with E-state index >= 15 is 0 Å².